The Labute approximate surface area is 163 Å². The second kappa shape index (κ2) is 6.46. The second-order valence-corrected chi connectivity index (χ2v) is 7.06. The highest BCUT2D eigenvalue weighted by atomic mass is 15.0. The van der Waals surface area contributed by atoms with Gasteiger partial charge in [-0.2, -0.15) is 0 Å². The molecule has 0 amide bonds. The number of hydrogen-bond donors (Lipinski definition) is 1. The van der Waals surface area contributed by atoms with Gasteiger partial charge in [0.2, 0.25) is 5.95 Å². The zero-order valence-electron chi connectivity index (χ0n) is 15.6. The van der Waals surface area contributed by atoms with Gasteiger partial charge in [0.1, 0.15) is 0 Å². The highest BCUT2D eigenvalue weighted by Gasteiger charge is 2.13. The number of aromatic nitrogens is 2. The molecule has 0 spiro atoms. The Hall–Kier alpha value is -3.72. The molecule has 3 heteroatoms. The van der Waals surface area contributed by atoms with E-state index < -0.39 is 0 Å². The van der Waals surface area contributed by atoms with E-state index in [4.69, 9.17) is 5.73 Å². The topological polar surface area (TPSA) is 51.8 Å². The molecule has 5 aromatic rings. The lowest BCUT2D eigenvalue weighted by Gasteiger charge is -2.13. The average molecular weight is 361 g/mol. The molecule has 0 bridgehead atoms. The first kappa shape index (κ1) is 16.5. The second-order valence-electron chi connectivity index (χ2n) is 7.06. The molecule has 28 heavy (non-hydrogen) atoms. The van der Waals surface area contributed by atoms with Gasteiger partial charge in [0.05, 0.1) is 11.4 Å². The third-order valence-corrected chi connectivity index (χ3v) is 5.12. The summed E-state index contributed by atoms with van der Waals surface area (Å²) in [4.78, 5) is 9.10. The summed E-state index contributed by atoms with van der Waals surface area (Å²) in [5.74, 6) is 0.282. The summed E-state index contributed by atoms with van der Waals surface area (Å²) >= 11 is 0. The van der Waals surface area contributed by atoms with E-state index in [1.54, 1.807) is 0 Å². The molecular weight excluding hydrogens is 342 g/mol. The molecule has 0 unspecified atom stereocenters. The van der Waals surface area contributed by atoms with Crippen molar-refractivity contribution >= 4 is 27.5 Å². The van der Waals surface area contributed by atoms with E-state index in [0.29, 0.717) is 0 Å². The summed E-state index contributed by atoms with van der Waals surface area (Å²) in [5.41, 5.74) is 11.1. The highest BCUT2D eigenvalue weighted by molar-refractivity contribution is 6.12. The minimum Gasteiger partial charge on any atom is -0.368 e. The number of anilines is 1. The van der Waals surface area contributed by atoms with Gasteiger partial charge in [-0.15, -0.1) is 0 Å². The number of fused-ring (bicyclic) bond motifs is 2. The molecular formula is C25H19N3. The van der Waals surface area contributed by atoms with E-state index in [1.165, 1.54) is 16.3 Å². The maximum Gasteiger partial charge on any atom is 0.221 e. The minimum atomic E-state index is 0.282. The number of nitrogen functional groups attached to an aromatic ring is 1. The van der Waals surface area contributed by atoms with Crippen molar-refractivity contribution in [1.29, 1.82) is 0 Å². The molecule has 1 heterocycles. The van der Waals surface area contributed by atoms with Gasteiger partial charge in [0.25, 0.3) is 0 Å². The largest absolute Gasteiger partial charge is 0.368 e. The number of rotatable bonds is 2. The fourth-order valence-corrected chi connectivity index (χ4v) is 3.76. The van der Waals surface area contributed by atoms with Crippen molar-refractivity contribution < 1.29 is 0 Å². The Balaban J connectivity index is 1.83. The Bertz CT molecular complexity index is 1270. The normalized spacial score (nSPS) is 11.2. The van der Waals surface area contributed by atoms with Gasteiger partial charge in [-0.05, 0) is 40.6 Å². The lowest BCUT2D eigenvalue weighted by Crippen LogP contribution is -1.99. The van der Waals surface area contributed by atoms with E-state index in [9.17, 15) is 0 Å². The first-order chi connectivity index (χ1) is 13.7. The summed E-state index contributed by atoms with van der Waals surface area (Å²) < 4.78 is 0. The van der Waals surface area contributed by atoms with Gasteiger partial charge in [-0.3, -0.25) is 0 Å². The molecule has 0 aliphatic heterocycles. The quantitative estimate of drug-likeness (QED) is 0.392. The van der Waals surface area contributed by atoms with Crippen LogP contribution in [0, 0.1) is 6.92 Å². The fourth-order valence-electron chi connectivity index (χ4n) is 3.76. The van der Waals surface area contributed by atoms with Crippen molar-refractivity contribution in [2.75, 3.05) is 5.73 Å². The number of benzene rings is 4. The Morgan fingerprint density at radius 2 is 1.21 bits per heavy atom. The van der Waals surface area contributed by atoms with Crippen LogP contribution < -0.4 is 5.73 Å². The predicted octanol–water partition coefficient (Wildman–Crippen LogP) is 6.01. The van der Waals surface area contributed by atoms with E-state index in [1.807, 2.05) is 6.07 Å². The molecule has 0 saturated carbocycles. The monoisotopic (exact) mass is 361 g/mol. The zero-order chi connectivity index (χ0) is 19.1. The molecule has 0 fully saturated rings. The zero-order valence-corrected chi connectivity index (χ0v) is 15.6. The summed E-state index contributed by atoms with van der Waals surface area (Å²) in [6, 6.07) is 29.4. The van der Waals surface area contributed by atoms with Gasteiger partial charge >= 0.3 is 0 Å². The van der Waals surface area contributed by atoms with Crippen LogP contribution in [0.15, 0.2) is 84.9 Å². The maximum absolute atomic E-state index is 6.13. The summed E-state index contributed by atoms with van der Waals surface area (Å²) in [6.07, 6.45) is 0. The number of hydrogen-bond acceptors (Lipinski definition) is 3. The standard InChI is InChI=1S/C25H19N3/c1-16-10-12-17(13-11-16)22-15-23(28-25(26)27-22)24-20-8-4-2-6-18(20)14-19-7-3-5-9-21(19)24/h2-15H,1H3,(H2,26,27,28). The predicted molar refractivity (Wildman–Crippen MR) is 117 cm³/mol. The van der Waals surface area contributed by atoms with Crippen LogP contribution in [0.25, 0.3) is 44.1 Å². The average Bonchev–Trinajstić information content (AvgIpc) is 2.72. The maximum atomic E-state index is 6.13. The lowest BCUT2D eigenvalue weighted by atomic mass is 9.94. The van der Waals surface area contributed by atoms with E-state index in [2.05, 4.69) is 95.8 Å². The Kier molecular flexibility index (Phi) is 3.80. The summed E-state index contributed by atoms with van der Waals surface area (Å²) in [6.45, 7) is 2.08. The van der Waals surface area contributed by atoms with Crippen molar-refractivity contribution in [1.82, 2.24) is 9.97 Å². The lowest BCUT2D eigenvalue weighted by molar-refractivity contribution is 1.20. The molecule has 3 nitrogen and oxygen atoms in total. The van der Waals surface area contributed by atoms with Crippen molar-refractivity contribution in [2.45, 2.75) is 6.92 Å². The van der Waals surface area contributed by atoms with E-state index in [-0.39, 0.29) is 5.95 Å². The SMILES string of the molecule is Cc1ccc(-c2cc(-c3c4ccccc4cc4ccccc34)nc(N)n2)cc1. The minimum absolute atomic E-state index is 0.282. The van der Waals surface area contributed by atoms with Crippen molar-refractivity contribution in [2.24, 2.45) is 0 Å². The molecule has 134 valence electrons. The first-order valence-electron chi connectivity index (χ1n) is 9.31. The van der Waals surface area contributed by atoms with Crippen LogP contribution in [0.3, 0.4) is 0 Å². The van der Waals surface area contributed by atoms with E-state index >= 15 is 0 Å². The first-order valence-corrected chi connectivity index (χ1v) is 9.31. The van der Waals surface area contributed by atoms with Gasteiger partial charge in [-0.1, -0.05) is 78.4 Å². The van der Waals surface area contributed by atoms with Crippen molar-refractivity contribution in [3.63, 3.8) is 0 Å². The smallest absolute Gasteiger partial charge is 0.221 e. The van der Waals surface area contributed by atoms with Gasteiger partial charge in [-0.25, -0.2) is 9.97 Å². The number of nitrogens with zero attached hydrogens (tertiary/aromatic N) is 2. The third-order valence-electron chi connectivity index (χ3n) is 5.12. The van der Waals surface area contributed by atoms with Gasteiger partial charge in [0, 0.05) is 11.1 Å². The van der Waals surface area contributed by atoms with Crippen LogP contribution in [-0.4, -0.2) is 9.97 Å². The van der Waals surface area contributed by atoms with Crippen molar-refractivity contribution in [3.05, 3.63) is 90.5 Å². The van der Waals surface area contributed by atoms with Crippen LogP contribution in [0.5, 0.6) is 0 Å². The van der Waals surface area contributed by atoms with Gasteiger partial charge < -0.3 is 5.73 Å². The van der Waals surface area contributed by atoms with Crippen LogP contribution in [0.1, 0.15) is 5.56 Å². The molecule has 1 aromatic heterocycles. The number of nitrogens with two attached hydrogens (primary N) is 1. The van der Waals surface area contributed by atoms with Crippen molar-refractivity contribution in [3.8, 4) is 22.5 Å². The fraction of sp³-hybridized carbons (Fsp3) is 0.0400. The van der Waals surface area contributed by atoms with Gasteiger partial charge in [0.15, 0.2) is 0 Å². The molecule has 4 aromatic carbocycles. The molecule has 5 rings (SSSR count). The van der Waals surface area contributed by atoms with Crippen LogP contribution in [0.2, 0.25) is 0 Å². The summed E-state index contributed by atoms with van der Waals surface area (Å²) in [7, 11) is 0. The molecule has 0 saturated heterocycles. The number of aryl methyl sites for hydroxylation is 1. The van der Waals surface area contributed by atoms with Crippen LogP contribution >= 0.6 is 0 Å². The molecule has 0 atom stereocenters. The Morgan fingerprint density at radius 1 is 0.643 bits per heavy atom. The summed E-state index contributed by atoms with van der Waals surface area (Å²) in [5, 5.41) is 4.69. The molecule has 0 aliphatic carbocycles. The van der Waals surface area contributed by atoms with E-state index in [0.717, 1.165) is 33.3 Å². The highest BCUT2D eigenvalue weighted by Crippen LogP contribution is 2.36. The third kappa shape index (κ3) is 2.78. The molecule has 0 aliphatic rings. The van der Waals surface area contributed by atoms with Crippen LogP contribution in [-0.2, 0) is 0 Å². The Morgan fingerprint density at radius 3 is 1.86 bits per heavy atom. The van der Waals surface area contributed by atoms with Crippen LogP contribution in [0.4, 0.5) is 5.95 Å². The molecule has 2 N–H and O–H groups in total. The molecule has 0 radical (unpaired) electrons.